The van der Waals surface area contributed by atoms with Crippen molar-refractivity contribution in [2.24, 2.45) is 0 Å². The fourth-order valence-electron chi connectivity index (χ4n) is 3.75. The van der Waals surface area contributed by atoms with Crippen LogP contribution in [0.25, 0.3) is 0 Å². The zero-order valence-electron chi connectivity index (χ0n) is 18.2. The minimum atomic E-state index is -3.67. The van der Waals surface area contributed by atoms with Gasteiger partial charge in [-0.15, -0.1) is 0 Å². The molecular weight excluding hydrogens is 465 g/mol. The first-order valence-corrected chi connectivity index (χ1v) is 12.7. The summed E-state index contributed by atoms with van der Waals surface area (Å²) in [6.45, 7) is 4.59. The second kappa shape index (κ2) is 9.54. The van der Waals surface area contributed by atoms with Gasteiger partial charge in [0.2, 0.25) is 21.1 Å². The number of rotatable bonds is 6. The lowest BCUT2D eigenvalue weighted by Crippen LogP contribution is -2.54. The van der Waals surface area contributed by atoms with Crippen molar-refractivity contribution in [1.29, 1.82) is 0 Å². The van der Waals surface area contributed by atoms with Gasteiger partial charge in [-0.2, -0.15) is 8.68 Å². The highest BCUT2D eigenvalue weighted by Gasteiger charge is 2.34. The molecular formula is C22H24FN5O3S2. The largest absolute Gasteiger partial charge is 0.344 e. The molecule has 1 N–H and O–H groups in total. The van der Waals surface area contributed by atoms with E-state index in [1.54, 1.807) is 24.3 Å². The molecule has 33 heavy (non-hydrogen) atoms. The predicted molar refractivity (Wildman–Crippen MR) is 125 cm³/mol. The van der Waals surface area contributed by atoms with Gasteiger partial charge in [-0.1, -0.05) is 12.1 Å². The lowest BCUT2D eigenvalue weighted by molar-refractivity contribution is -0.114. The van der Waals surface area contributed by atoms with Crippen molar-refractivity contribution in [3.63, 3.8) is 0 Å². The van der Waals surface area contributed by atoms with Crippen LogP contribution in [0.15, 0.2) is 53.4 Å². The third kappa shape index (κ3) is 5.37. The Bertz CT molecular complexity index is 1230. The molecule has 0 spiro atoms. The van der Waals surface area contributed by atoms with Crippen molar-refractivity contribution in [1.82, 2.24) is 13.7 Å². The molecule has 1 unspecified atom stereocenters. The van der Waals surface area contributed by atoms with E-state index in [0.717, 1.165) is 10.7 Å². The van der Waals surface area contributed by atoms with Gasteiger partial charge in [0.15, 0.2) is 0 Å². The Labute approximate surface area is 196 Å². The zero-order chi connectivity index (χ0) is 23.6. The first-order chi connectivity index (χ1) is 15.7. The maximum atomic E-state index is 13.2. The first kappa shape index (κ1) is 23.3. The van der Waals surface area contributed by atoms with Crippen molar-refractivity contribution in [3.8, 4) is 0 Å². The second-order valence-electron chi connectivity index (χ2n) is 7.91. The number of aromatic nitrogens is 2. The van der Waals surface area contributed by atoms with Gasteiger partial charge in [-0.3, -0.25) is 4.79 Å². The number of sulfonamides is 1. The third-order valence-corrected chi connectivity index (χ3v) is 8.19. The standard InChI is InChI=1S/C22H24FN5O3S2/c1-15-14-27(22-25-21(26-32-22)13-17-3-5-18(23)6-4-17)11-12-28(15)33(30,31)20-9-7-19(8-10-20)24-16(2)29/h3-10,15H,11-14H2,1-2H3,(H,24,29). The van der Waals surface area contributed by atoms with Gasteiger partial charge < -0.3 is 10.2 Å². The maximum absolute atomic E-state index is 13.2. The molecule has 3 aromatic rings. The van der Waals surface area contributed by atoms with E-state index in [0.29, 0.717) is 37.6 Å². The van der Waals surface area contributed by atoms with Crippen molar-refractivity contribution < 1.29 is 17.6 Å². The average Bonchev–Trinajstić information content (AvgIpc) is 3.23. The molecule has 1 atom stereocenters. The number of carbonyl (C=O) groups excluding carboxylic acids is 1. The number of anilines is 2. The SMILES string of the molecule is CC(=O)Nc1ccc(S(=O)(=O)N2CCN(c3nc(Cc4ccc(F)cc4)ns3)CC2C)cc1. The summed E-state index contributed by atoms with van der Waals surface area (Å²) in [5.74, 6) is 0.160. The quantitative estimate of drug-likeness (QED) is 0.572. The van der Waals surface area contributed by atoms with Crippen LogP contribution >= 0.6 is 11.5 Å². The van der Waals surface area contributed by atoms with Crippen molar-refractivity contribution in [2.45, 2.75) is 31.2 Å². The monoisotopic (exact) mass is 489 g/mol. The fourth-order valence-corrected chi connectivity index (χ4v) is 6.08. The minimum Gasteiger partial charge on any atom is -0.344 e. The fraction of sp³-hybridized carbons (Fsp3) is 0.318. The Balaban J connectivity index is 1.41. The van der Waals surface area contributed by atoms with Crippen LogP contribution < -0.4 is 10.2 Å². The van der Waals surface area contributed by atoms with Crippen LogP contribution in [0.5, 0.6) is 0 Å². The van der Waals surface area contributed by atoms with Crippen LogP contribution in [-0.4, -0.2) is 53.7 Å². The smallest absolute Gasteiger partial charge is 0.243 e. The van der Waals surface area contributed by atoms with Crippen LogP contribution in [0.2, 0.25) is 0 Å². The maximum Gasteiger partial charge on any atom is 0.243 e. The van der Waals surface area contributed by atoms with E-state index in [1.165, 1.54) is 47.0 Å². The van der Waals surface area contributed by atoms with E-state index in [-0.39, 0.29) is 22.7 Å². The summed E-state index contributed by atoms with van der Waals surface area (Å²) in [7, 11) is -3.67. The lowest BCUT2D eigenvalue weighted by atomic mass is 10.1. The average molecular weight is 490 g/mol. The number of amides is 1. The summed E-state index contributed by atoms with van der Waals surface area (Å²) in [5.41, 5.74) is 1.47. The van der Waals surface area contributed by atoms with Gasteiger partial charge in [-0.25, -0.2) is 17.8 Å². The summed E-state index contributed by atoms with van der Waals surface area (Å²) >= 11 is 1.28. The molecule has 2 aromatic carbocycles. The molecule has 1 aliphatic rings. The van der Waals surface area contributed by atoms with Gasteiger partial charge in [0, 0.05) is 56.2 Å². The number of piperazine rings is 1. The second-order valence-corrected chi connectivity index (χ2v) is 10.5. The van der Waals surface area contributed by atoms with Crippen molar-refractivity contribution in [2.75, 3.05) is 29.9 Å². The Morgan fingerprint density at radius 1 is 1.15 bits per heavy atom. The normalized spacial score (nSPS) is 17.2. The molecule has 0 saturated carbocycles. The minimum absolute atomic E-state index is 0.189. The molecule has 4 rings (SSSR count). The molecule has 0 bridgehead atoms. The third-order valence-electron chi connectivity index (χ3n) is 5.35. The van der Waals surface area contributed by atoms with E-state index >= 15 is 0 Å². The summed E-state index contributed by atoms with van der Waals surface area (Å²) in [6, 6.07) is 12.2. The Morgan fingerprint density at radius 3 is 2.48 bits per heavy atom. The van der Waals surface area contributed by atoms with Gasteiger partial charge in [0.1, 0.15) is 11.6 Å². The van der Waals surface area contributed by atoms with E-state index in [2.05, 4.69) is 14.7 Å². The highest BCUT2D eigenvalue weighted by Crippen LogP contribution is 2.27. The number of hydrogen-bond acceptors (Lipinski definition) is 7. The van der Waals surface area contributed by atoms with E-state index in [1.807, 2.05) is 11.8 Å². The van der Waals surface area contributed by atoms with E-state index < -0.39 is 10.0 Å². The Kier molecular flexibility index (Phi) is 6.73. The first-order valence-electron chi connectivity index (χ1n) is 10.4. The van der Waals surface area contributed by atoms with Gasteiger partial charge >= 0.3 is 0 Å². The molecule has 1 aromatic heterocycles. The van der Waals surface area contributed by atoms with Crippen LogP contribution in [0.4, 0.5) is 15.2 Å². The lowest BCUT2D eigenvalue weighted by Gasteiger charge is -2.38. The summed E-state index contributed by atoms with van der Waals surface area (Å²) in [4.78, 5) is 18.0. The van der Waals surface area contributed by atoms with Crippen LogP contribution in [0, 0.1) is 5.82 Å². The number of nitrogens with one attached hydrogen (secondary N) is 1. The van der Waals surface area contributed by atoms with Crippen molar-refractivity contribution in [3.05, 3.63) is 65.7 Å². The zero-order valence-corrected chi connectivity index (χ0v) is 19.9. The van der Waals surface area contributed by atoms with E-state index in [9.17, 15) is 17.6 Å². The van der Waals surface area contributed by atoms with Crippen LogP contribution in [0.1, 0.15) is 25.2 Å². The number of benzene rings is 2. The van der Waals surface area contributed by atoms with Gasteiger partial charge in [-0.05, 0) is 48.9 Å². The number of halogens is 1. The number of carbonyl (C=O) groups is 1. The Morgan fingerprint density at radius 2 is 1.85 bits per heavy atom. The van der Waals surface area contributed by atoms with Crippen LogP contribution in [-0.2, 0) is 21.2 Å². The molecule has 1 amide bonds. The molecule has 1 fully saturated rings. The summed E-state index contributed by atoms with van der Waals surface area (Å²) < 4.78 is 45.4. The number of hydrogen-bond donors (Lipinski definition) is 1. The Hall–Kier alpha value is -2.89. The van der Waals surface area contributed by atoms with E-state index in [4.69, 9.17) is 0 Å². The molecule has 174 valence electrons. The molecule has 1 aliphatic heterocycles. The highest BCUT2D eigenvalue weighted by atomic mass is 32.2. The molecule has 0 radical (unpaired) electrons. The highest BCUT2D eigenvalue weighted by molar-refractivity contribution is 7.89. The molecule has 2 heterocycles. The van der Waals surface area contributed by atoms with Crippen LogP contribution in [0.3, 0.4) is 0 Å². The number of nitrogens with zero attached hydrogens (tertiary/aromatic N) is 4. The molecule has 0 aliphatic carbocycles. The van der Waals surface area contributed by atoms with Gasteiger partial charge in [0.25, 0.3) is 0 Å². The van der Waals surface area contributed by atoms with Crippen molar-refractivity contribution >= 4 is 38.3 Å². The summed E-state index contributed by atoms with van der Waals surface area (Å²) in [6.07, 6.45) is 0.509. The summed E-state index contributed by atoms with van der Waals surface area (Å²) in [5, 5.41) is 3.38. The molecule has 11 heteroatoms. The van der Waals surface area contributed by atoms with Gasteiger partial charge in [0.05, 0.1) is 4.90 Å². The predicted octanol–water partition coefficient (Wildman–Crippen LogP) is 3.13. The topological polar surface area (TPSA) is 95.5 Å². The molecule has 8 nitrogen and oxygen atoms in total. The molecule has 1 saturated heterocycles.